The van der Waals surface area contributed by atoms with Crippen LogP contribution >= 0.6 is 0 Å². The topological polar surface area (TPSA) is 140 Å². The fourth-order valence-electron chi connectivity index (χ4n) is 3.61. The Balaban J connectivity index is 1.89. The number of ether oxygens (including phenoxy) is 2. The molecule has 11 nitrogen and oxygen atoms in total. The molecule has 34 heavy (non-hydrogen) atoms. The number of hydrogen-bond donors (Lipinski definition) is 2. The average Bonchev–Trinajstić information content (AvgIpc) is 2.85. The van der Waals surface area contributed by atoms with Gasteiger partial charge >= 0.3 is 0 Å². The highest BCUT2D eigenvalue weighted by Gasteiger charge is 2.39. The maximum absolute atomic E-state index is 13.4. The molecule has 176 valence electrons. The second-order valence-electron chi connectivity index (χ2n) is 7.20. The summed E-state index contributed by atoms with van der Waals surface area (Å²) in [5.41, 5.74) is 0.168. The van der Waals surface area contributed by atoms with Gasteiger partial charge in [-0.15, -0.1) is 4.83 Å². The van der Waals surface area contributed by atoms with Crippen LogP contribution in [0.4, 0.5) is 11.4 Å². The van der Waals surface area contributed by atoms with Crippen LogP contribution < -0.4 is 19.6 Å². The summed E-state index contributed by atoms with van der Waals surface area (Å²) in [5, 5.41) is 15.8. The van der Waals surface area contributed by atoms with E-state index < -0.39 is 32.7 Å². The van der Waals surface area contributed by atoms with Crippen LogP contribution in [-0.4, -0.2) is 38.5 Å². The number of amides is 1. The Hall–Kier alpha value is -4.16. The summed E-state index contributed by atoms with van der Waals surface area (Å²) in [6.45, 7) is 0. The number of benzene rings is 3. The summed E-state index contributed by atoms with van der Waals surface area (Å²) < 4.78 is 36.6. The zero-order chi connectivity index (χ0) is 24.5. The molecule has 1 aliphatic heterocycles. The number of nitrogens with zero attached hydrogens (tertiary/aromatic N) is 2. The predicted molar refractivity (Wildman–Crippen MR) is 122 cm³/mol. The van der Waals surface area contributed by atoms with Gasteiger partial charge in [-0.1, -0.05) is 30.3 Å². The largest absolute Gasteiger partial charge is 0.493 e. The minimum Gasteiger partial charge on any atom is -0.493 e. The Morgan fingerprint density at radius 3 is 2.26 bits per heavy atom. The zero-order valence-corrected chi connectivity index (χ0v) is 18.9. The predicted octanol–water partition coefficient (Wildman–Crippen LogP) is 3.07. The maximum Gasteiger partial charge on any atom is 0.280 e. The van der Waals surface area contributed by atoms with Crippen molar-refractivity contribution in [2.45, 2.75) is 11.1 Å². The van der Waals surface area contributed by atoms with Crippen LogP contribution in [0.1, 0.15) is 22.1 Å². The number of carbonyl (C=O) groups excluding carboxylic acids is 1. The van der Waals surface area contributed by atoms with Crippen molar-refractivity contribution in [2.24, 2.45) is 0 Å². The fourth-order valence-corrected chi connectivity index (χ4v) is 4.68. The molecule has 1 atom stereocenters. The third-order valence-electron chi connectivity index (χ3n) is 5.22. The molecule has 4 rings (SSSR count). The standard InChI is InChI=1S/C22H20N4O7S/c1-32-19-12-16(18(26(28)29)13-20(19)33-2)21-23-17-11-7-6-10-15(17)22(27)25(21)24-34(30,31)14-8-4-3-5-9-14/h3-13,21,23-24H,1-2H3. The van der Waals surface area contributed by atoms with Crippen molar-refractivity contribution in [1.29, 1.82) is 0 Å². The molecule has 1 unspecified atom stereocenters. The zero-order valence-electron chi connectivity index (χ0n) is 18.1. The molecule has 2 N–H and O–H groups in total. The van der Waals surface area contributed by atoms with Gasteiger partial charge in [0.05, 0.1) is 41.2 Å². The van der Waals surface area contributed by atoms with Gasteiger partial charge < -0.3 is 14.8 Å². The third-order valence-corrected chi connectivity index (χ3v) is 6.55. The molecule has 0 aliphatic carbocycles. The highest BCUT2D eigenvalue weighted by atomic mass is 32.2. The number of hydrogen-bond acceptors (Lipinski definition) is 8. The van der Waals surface area contributed by atoms with Crippen LogP contribution in [0, 0.1) is 10.1 Å². The van der Waals surface area contributed by atoms with Gasteiger partial charge in [0.15, 0.2) is 17.7 Å². The number of methoxy groups -OCH3 is 2. The van der Waals surface area contributed by atoms with Crippen molar-refractivity contribution in [1.82, 2.24) is 9.84 Å². The number of anilines is 1. The van der Waals surface area contributed by atoms with Gasteiger partial charge in [-0.2, -0.15) is 0 Å². The van der Waals surface area contributed by atoms with Crippen molar-refractivity contribution in [3.8, 4) is 11.5 Å². The lowest BCUT2D eigenvalue weighted by molar-refractivity contribution is -0.386. The SMILES string of the molecule is COc1cc(C2Nc3ccccc3C(=O)N2NS(=O)(=O)c2ccccc2)c([N+](=O)[O-])cc1OC. The summed E-state index contributed by atoms with van der Waals surface area (Å²) in [6, 6.07) is 16.4. The highest BCUT2D eigenvalue weighted by Crippen LogP contribution is 2.41. The quantitative estimate of drug-likeness (QED) is 0.385. The van der Waals surface area contributed by atoms with Crippen molar-refractivity contribution >= 4 is 27.3 Å². The van der Waals surface area contributed by atoms with Crippen LogP contribution in [0.25, 0.3) is 0 Å². The molecule has 0 saturated carbocycles. The first kappa shape index (κ1) is 23.0. The number of nitro groups is 1. The highest BCUT2D eigenvalue weighted by molar-refractivity contribution is 7.89. The minimum atomic E-state index is -4.21. The lowest BCUT2D eigenvalue weighted by Crippen LogP contribution is -2.52. The van der Waals surface area contributed by atoms with E-state index in [2.05, 4.69) is 10.1 Å². The normalized spacial score (nSPS) is 15.3. The molecule has 1 aliphatic rings. The molecule has 1 heterocycles. The van der Waals surface area contributed by atoms with Crippen LogP contribution in [0.2, 0.25) is 0 Å². The Morgan fingerprint density at radius 1 is 1.00 bits per heavy atom. The summed E-state index contributed by atoms with van der Waals surface area (Å²) in [4.78, 5) is 26.9. The summed E-state index contributed by atoms with van der Waals surface area (Å²) in [7, 11) is -1.52. The number of carbonyl (C=O) groups is 1. The first-order chi connectivity index (χ1) is 16.3. The Morgan fingerprint density at radius 2 is 1.62 bits per heavy atom. The van der Waals surface area contributed by atoms with Gasteiger partial charge in [0.1, 0.15) is 0 Å². The molecule has 3 aromatic carbocycles. The lowest BCUT2D eigenvalue weighted by atomic mass is 10.0. The third kappa shape index (κ3) is 4.11. The minimum absolute atomic E-state index is 0.0127. The lowest BCUT2D eigenvalue weighted by Gasteiger charge is -2.37. The van der Waals surface area contributed by atoms with Crippen LogP contribution in [0.3, 0.4) is 0 Å². The van der Waals surface area contributed by atoms with Crippen LogP contribution in [0.15, 0.2) is 71.6 Å². The Labute approximate surface area is 195 Å². The Bertz CT molecular complexity index is 1360. The molecule has 0 radical (unpaired) electrons. The van der Waals surface area contributed by atoms with Gasteiger partial charge in [-0.05, 0) is 30.3 Å². The number of hydrazine groups is 1. The van der Waals surface area contributed by atoms with E-state index in [0.29, 0.717) is 5.69 Å². The van der Waals surface area contributed by atoms with E-state index in [1.165, 1.54) is 50.6 Å². The smallest absolute Gasteiger partial charge is 0.280 e. The molecule has 0 saturated heterocycles. The van der Waals surface area contributed by atoms with Crippen molar-refractivity contribution in [3.63, 3.8) is 0 Å². The molecule has 0 bridgehead atoms. The number of fused-ring (bicyclic) bond motifs is 1. The molecule has 0 aromatic heterocycles. The van der Waals surface area contributed by atoms with Gasteiger partial charge in [0.25, 0.3) is 21.6 Å². The van der Waals surface area contributed by atoms with Crippen molar-refractivity contribution in [2.75, 3.05) is 19.5 Å². The Kier molecular flexibility index (Phi) is 6.09. The second kappa shape index (κ2) is 9.00. The van der Waals surface area contributed by atoms with Gasteiger partial charge in [-0.25, -0.2) is 13.4 Å². The van der Waals surface area contributed by atoms with Crippen LogP contribution in [-0.2, 0) is 10.0 Å². The van der Waals surface area contributed by atoms with Gasteiger partial charge in [-0.3, -0.25) is 14.9 Å². The van der Waals surface area contributed by atoms with Gasteiger partial charge in [0.2, 0.25) is 0 Å². The molecule has 12 heteroatoms. The number of sulfonamides is 1. The van der Waals surface area contributed by atoms with E-state index in [-0.39, 0.29) is 27.5 Å². The van der Waals surface area contributed by atoms with Crippen molar-refractivity contribution < 1.29 is 27.6 Å². The molecule has 1 amide bonds. The van der Waals surface area contributed by atoms with Crippen molar-refractivity contribution in [3.05, 3.63) is 88.0 Å². The van der Waals surface area contributed by atoms with E-state index in [1.807, 2.05) is 0 Å². The van der Waals surface area contributed by atoms with E-state index in [0.717, 1.165) is 11.1 Å². The number of para-hydroxylation sites is 1. The molecular weight excluding hydrogens is 464 g/mol. The number of rotatable bonds is 7. The molecule has 0 fully saturated rings. The summed E-state index contributed by atoms with van der Waals surface area (Å²) >= 11 is 0. The molecular formula is C22H20N4O7S. The van der Waals surface area contributed by atoms with E-state index in [9.17, 15) is 23.3 Å². The van der Waals surface area contributed by atoms with E-state index in [1.54, 1.807) is 24.3 Å². The maximum atomic E-state index is 13.4. The average molecular weight is 484 g/mol. The van der Waals surface area contributed by atoms with E-state index in [4.69, 9.17) is 9.47 Å². The van der Waals surface area contributed by atoms with Gasteiger partial charge in [0, 0.05) is 5.69 Å². The number of nitro benzene ring substituents is 1. The summed E-state index contributed by atoms with van der Waals surface area (Å²) in [5.74, 6) is -0.415. The monoisotopic (exact) mass is 484 g/mol. The first-order valence-corrected chi connectivity index (χ1v) is 11.4. The number of nitrogens with one attached hydrogen (secondary N) is 2. The summed E-state index contributed by atoms with van der Waals surface area (Å²) in [6.07, 6.45) is -1.28. The fraction of sp³-hybridized carbons (Fsp3) is 0.136. The second-order valence-corrected chi connectivity index (χ2v) is 8.86. The van der Waals surface area contributed by atoms with E-state index >= 15 is 0 Å². The first-order valence-electron chi connectivity index (χ1n) is 9.93. The van der Waals surface area contributed by atoms with Crippen LogP contribution in [0.5, 0.6) is 11.5 Å². The molecule has 0 spiro atoms. The molecule has 3 aromatic rings.